The third-order valence-corrected chi connectivity index (χ3v) is 1.31. The molecule has 0 saturated heterocycles. The Morgan fingerprint density at radius 3 is 2.19 bits per heavy atom. The fraction of sp³-hybridized carbons (Fsp3) is 0.750. The van der Waals surface area contributed by atoms with Gasteiger partial charge in [-0.2, -0.15) is 13.2 Å². The van der Waals surface area contributed by atoms with Crippen LogP contribution in [-0.2, 0) is 4.79 Å². The second-order valence-corrected chi connectivity index (χ2v) is 3.37. The predicted molar refractivity (Wildman–Crippen MR) is 50.7 cm³/mol. The van der Waals surface area contributed by atoms with Crippen LogP contribution in [0.1, 0.15) is 13.8 Å². The van der Waals surface area contributed by atoms with Gasteiger partial charge in [-0.05, 0) is 13.8 Å². The summed E-state index contributed by atoms with van der Waals surface area (Å²) in [6, 6.07) is -1.12. The minimum absolute atomic E-state index is 0.0902. The van der Waals surface area contributed by atoms with Crippen molar-refractivity contribution in [1.82, 2.24) is 16.0 Å². The number of alkyl halides is 3. The molecule has 16 heavy (non-hydrogen) atoms. The molecule has 0 saturated carbocycles. The number of carbonyl (C=O) groups excluding carboxylic acids is 2. The molecule has 3 amide bonds. The third-order valence-electron chi connectivity index (χ3n) is 1.31. The van der Waals surface area contributed by atoms with Crippen LogP contribution in [0.2, 0.25) is 0 Å². The summed E-state index contributed by atoms with van der Waals surface area (Å²) in [7, 11) is 0. The first-order chi connectivity index (χ1) is 7.20. The van der Waals surface area contributed by atoms with Crippen LogP contribution in [-0.4, -0.2) is 37.2 Å². The Hall–Kier alpha value is -1.47. The van der Waals surface area contributed by atoms with Crippen LogP contribution in [0.5, 0.6) is 0 Å². The van der Waals surface area contributed by atoms with E-state index in [0.29, 0.717) is 0 Å². The lowest BCUT2D eigenvalue weighted by molar-refractivity contribution is -0.122. The highest BCUT2D eigenvalue weighted by atomic mass is 19.4. The standard InChI is InChI=1S/C8H14F3N3O2/c1-5(2)14-6(15)3-12-7(16)13-4-8(9,10)11/h5H,3-4H2,1-2H3,(H,14,15)(H2,12,13,16). The summed E-state index contributed by atoms with van der Waals surface area (Å²) < 4.78 is 35.0. The predicted octanol–water partition coefficient (Wildman–Crippen LogP) is 0.372. The fourth-order valence-electron chi connectivity index (χ4n) is 0.777. The summed E-state index contributed by atoms with van der Waals surface area (Å²) in [6.45, 7) is 1.66. The topological polar surface area (TPSA) is 70.2 Å². The van der Waals surface area contributed by atoms with Crippen LogP contribution in [0.3, 0.4) is 0 Å². The first-order valence-corrected chi connectivity index (χ1v) is 4.58. The van der Waals surface area contributed by atoms with Gasteiger partial charge in [0, 0.05) is 6.04 Å². The zero-order valence-electron chi connectivity index (χ0n) is 8.94. The van der Waals surface area contributed by atoms with Gasteiger partial charge in [-0.3, -0.25) is 4.79 Å². The maximum absolute atomic E-state index is 11.7. The van der Waals surface area contributed by atoms with Crippen LogP contribution in [0, 0.1) is 0 Å². The molecule has 0 heterocycles. The largest absolute Gasteiger partial charge is 0.405 e. The Morgan fingerprint density at radius 2 is 1.75 bits per heavy atom. The molecule has 5 nitrogen and oxygen atoms in total. The summed E-state index contributed by atoms with van der Waals surface area (Å²) in [5, 5.41) is 6.04. The van der Waals surface area contributed by atoms with Crippen molar-refractivity contribution in [3.8, 4) is 0 Å². The number of hydrogen-bond acceptors (Lipinski definition) is 2. The number of rotatable bonds is 4. The maximum Gasteiger partial charge on any atom is 0.405 e. The Kier molecular flexibility index (Phi) is 5.62. The van der Waals surface area contributed by atoms with Gasteiger partial charge in [0.1, 0.15) is 6.54 Å². The van der Waals surface area contributed by atoms with Gasteiger partial charge in [0.05, 0.1) is 6.54 Å². The van der Waals surface area contributed by atoms with Crippen LogP contribution in [0.15, 0.2) is 0 Å². The van der Waals surface area contributed by atoms with Crippen LogP contribution >= 0.6 is 0 Å². The molecule has 3 N–H and O–H groups in total. The summed E-state index contributed by atoms with van der Waals surface area (Å²) in [5.41, 5.74) is 0. The quantitative estimate of drug-likeness (QED) is 0.665. The van der Waals surface area contributed by atoms with Crippen molar-refractivity contribution in [3.05, 3.63) is 0 Å². The summed E-state index contributed by atoms with van der Waals surface area (Å²) in [6.07, 6.45) is -4.46. The van der Waals surface area contributed by atoms with E-state index in [9.17, 15) is 22.8 Å². The van der Waals surface area contributed by atoms with E-state index in [1.807, 2.05) is 5.32 Å². The molecular formula is C8H14F3N3O2. The monoisotopic (exact) mass is 241 g/mol. The zero-order valence-corrected chi connectivity index (χ0v) is 8.94. The minimum Gasteiger partial charge on any atom is -0.352 e. The van der Waals surface area contributed by atoms with Gasteiger partial charge >= 0.3 is 12.2 Å². The highest BCUT2D eigenvalue weighted by molar-refractivity contribution is 5.83. The van der Waals surface area contributed by atoms with Crippen LogP contribution in [0.25, 0.3) is 0 Å². The SMILES string of the molecule is CC(C)NC(=O)CNC(=O)NCC(F)(F)F. The average Bonchev–Trinajstić information content (AvgIpc) is 2.09. The highest BCUT2D eigenvalue weighted by Crippen LogP contribution is 2.11. The molecule has 0 fully saturated rings. The molecule has 0 aromatic heterocycles. The van der Waals surface area contributed by atoms with Gasteiger partial charge in [0.2, 0.25) is 5.91 Å². The van der Waals surface area contributed by atoms with E-state index in [2.05, 4.69) is 5.32 Å². The molecule has 0 aliphatic heterocycles. The lowest BCUT2D eigenvalue weighted by Crippen LogP contribution is -2.45. The zero-order chi connectivity index (χ0) is 12.8. The molecule has 0 spiro atoms. The molecule has 0 aromatic carbocycles. The number of carbonyl (C=O) groups is 2. The molecule has 0 radical (unpaired) electrons. The van der Waals surface area contributed by atoms with Gasteiger partial charge < -0.3 is 16.0 Å². The van der Waals surface area contributed by atoms with Crippen molar-refractivity contribution in [2.24, 2.45) is 0 Å². The molecule has 8 heteroatoms. The lowest BCUT2D eigenvalue weighted by atomic mass is 10.4. The van der Waals surface area contributed by atoms with Crippen molar-refractivity contribution < 1.29 is 22.8 Å². The van der Waals surface area contributed by atoms with E-state index in [-0.39, 0.29) is 12.6 Å². The highest BCUT2D eigenvalue weighted by Gasteiger charge is 2.27. The second kappa shape index (κ2) is 6.19. The average molecular weight is 241 g/mol. The molecule has 94 valence electrons. The summed E-state index contributed by atoms with van der Waals surface area (Å²) >= 11 is 0. The molecular weight excluding hydrogens is 227 g/mol. The van der Waals surface area contributed by atoms with E-state index in [4.69, 9.17) is 0 Å². The van der Waals surface area contributed by atoms with Crippen molar-refractivity contribution in [2.45, 2.75) is 26.1 Å². The van der Waals surface area contributed by atoms with E-state index in [1.165, 1.54) is 0 Å². The van der Waals surface area contributed by atoms with Gasteiger partial charge in [-0.1, -0.05) is 0 Å². The van der Waals surface area contributed by atoms with Gasteiger partial charge in [-0.25, -0.2) is 4.79 Å². The normalized spacial score (nSPS) is 11.1. The van der Waals surface area contributed by atoms with Gasteiger partial charge in [-0.15, -0.1) is 0 Å². The Bertz CT molecular complexity index is 253. The van der Waals surface area contributed by atoms with Crippen LogP contribution < -0.4 is 16.0 Å². The number of urea groups is 1. The van der Waals surface area contributed by atoms with Crippen LogP contribution in [0.4, 0.5) is 18.0 Å². The number of amides is 3. The van der Waals surface area contributed by atoms with E-state index in [1.54, 1.807) is 19.2 Å². The van der Waals surface area contributed by atoms with Gasteiger partial charge in [0.25, 0.3) is 0 Å². The van der Waals surface area contributed by atoms with Crippen molar-refractivity contribution in [3.63, 3.8) is 0 Å². The van der Waals surface area contributed by atoms with E-state index < -0.39 is 24.7 Å². The third kappa shape index (κ3) is 9.10. The lowest BCUT2D eigenvalue weighted by Gasteiger charge is -2.11. The molecule has 0 unspecified atom stereocenters. The first kappa shape index (κ1) is 14.5. The maximum atomic E-state index is 11.7. The first-order valence-electron chi connectivity index (χ1n) is 4.58. The summed E-state index contributed by atoms with van der Waals surface area (Å²) in [4.78, 5) is 21.8. The van der Waals surface area contributed by atoms with Crippen molar-refractivity contribution >= 4 is 11.9 Å². The fourth-order valence-corrected chi connectivity index (χ4v) is 0.777. The second-order valence-electron chi connectivity index (χ2n) is 3.37. The summed E-state index contributed by atoms with van der Waals surface area (Å²) in [5.74, 6) is -0.461. The van der Waals surface area contributed by atoms with Crippen molar-refractivity contribution in [1.29, 1.82) is 0 Å². The van der Waals surface area contributed by atoms with Gasteiger partial charge in [0.15, 0.2) is 0 Å². The number of halogens is 3. The number of nitrogens with one attached hydrogen (secondary N) is 3. The smallest absolute Gasteiger partial charge is 0.352 e. The number of hydrogen-bond donors (Lipinski definition) is 3. The Balaban J connectivity index is 3.70. The Labute approximate surface area is 90.8 Å². The molecule has 0 aliphatic rings. The molecule has 0 bridgehead atoms. The molecule has 0 rings (SSSR count). The molecule has 0 atom stereocenters. The molecule has 0 aromatic rings. The molecule has 0 aliphatic carbocycles. The minimum atomic E-state index is -4.46. The Morgan fingerprint density at radius 1 is 1.19 bits per heavy atom. The van der Waals surface area contributed by atoms with Crippen molar-refractivity contribution in [2.75, 3.05) is 13.1 Å². The van der Waals surface area contributed by atoms with E-state index in [0.717, 1.165) is 0 Å². The van der Waals surface area contributed by atoms with E-state index >= 15 is 0 Å².